The predicted molar refractivity (Wildman–Crippen MR) is 66.7 cm³/mol. The second kappa shape index (κ2) is 7.67. The quantitative estimate of drug-likeness (QED) is 0.527. The maximum absolute atomic E-state index is 11.7. The van der Waals surface area contributed by atoms with E-state index in [2.05, 4.69) is 12.2 Å². The van der Waals surface area contributed by atoms with Crippen molar-refractivity contribution in [2.45, 2.75) is 70.6 Å². The number of β-amino-alcohol motifs (C(OH)–C–C–N with tert-alkyl or cyclic N) is 1. The molecule has 3 atom stereocenters. The molecule has 1 heterocycles. The molecule has 0 spiro atoms. The summed E-state index contributed by atoms with van der Waals surface area (Å²) in [7, 11) is 0. The highest BCUT2D eigenvalue weighted by Gasteiger charge is 2.29. The molecule has 0 aromatic rings. The van der Waals surface area contributed by atoms with Gasteiger partial charge in [-0.15, -0.1) is 0 Å². The Labute approximate surface area is 104 Å². The first-order chi connectivity index (χ1) is 8.13. The van der Waals surface area contributed by atoms with E-state index in [1.807, 2.05) is 6.92 Å². The Balaban J connectivity index is 2.12. The maximum Gasteiger partial charge on any atom is 0.323 e. The van der Waals surface area contributed by atoms with E-state index in [9.17, 15) is 9.90 Å². The first-order valence-electron chi connectivity index (χ1n) is 6.75. The lowest BCUT2D eigenvalue weighted by atomic mass is 10.1. The summed E-state index contributed by atoms with van der Waals surface area (Å²) in [6.45, 7) is 4.61. The summed E-state index contributed by atoms with van der Waals surface area (Å²) in [5, 5.41) is 12.3. The van der Waals surface area contributed by atoms with E-state index < -0.39 is 6.10 Å². The summed E-state index contributed by atoms with van der Waals surface area (Å²) in [5.74, 6) is -0.218. The van der Waals surface area contributed by atoms with Crippen LogP contribution >= 0.6 is 0 Å². The average molecular weight is 243 g/mol. The fourth-order valence-electron chi connectivity index (χ4n) is 2.09. The molecule has 1 fully saturated rings. The highest BCUT2D eigenvalue weighted by molar-refractivity contribution is 5.76. The Bertz CT molecular complexity index is 233. The minimum Gasteiger partial charge on any atom is -0.462 e. The molecule has 1 saturated heterocycles. The minimum absolute atomic E-state index is 0.0149. The van der Waals surface area contributed by atoms with Gasteiger partial charge in [-0.25, -0.2) is 0 Å². The zero-order chi connectivity index (χ0) is 12.7. The van der Waals surface area contributed by atoms with Crippen LogP contribution in [0.3, 0.4) is 0 Å². The summed E-state index contributed by atoms with van der Waals surface area (Å²) < 4.78 is 5.35. The summed E-state index contributed by atoms with van der Waals surface area (Å²) >= 11 is 0. The molecule has 1 aliphatic rings. The third-order valence-corrected chi connectivity index (χ3v) is 3.17. The van der Waals surface area contributed by atoms with Crippen molar-refractivity contribution in [1.82, 2.24) is 5.32 Å². The van der Waals surface area contributed by atoms with Crippen molar-refractivity contribution in [3.63, 3.8) is 0 Å². The second-order valence-electron chi connectivity index (χ2n) is 4.95. The van der Waals surface area contributed by atoms with Crippen molar-refractivity contribution < 1.29 is 14.6 Å². The lowest BCUT2D eigenvalue weighted by Gasteiger charge is -2.16. The number of unbranched alkanes of at least 4 members (excludes halogenated alkanes) is 3. The molecule has 1 aliphatic heterocycles. The Morgan fingerprint density at radius 3 is 2.82 bits per heavy atom. The summed E-state index contributed by atoms with van der Waals surface area (Å²) in [6.07, 6.45) is 5.77. The van der Waals surface area contributed by atoms with Crippen LogP contribution in [0.15, 0.2) is 0 Å². The van der Waals surface area contributed by atoms with Crippen LogP contribution in [0.2, 0.25) is 0 Å². The fourth-order valence-corrected chi connectivity index (χ4v) is 2.09. The van der Waals surface area contributed by atoms with E-state index >= 15 is 0 Å². The molecule has 1 rings (SSSR count). The molecular formula is C13H25NO3. The molecule has 0 bridgehead atoms. The van der Waals surface area contributed by atoms with Gasteiger partial charge in [0.25, 0.3) is 0 Å². The summed E-state index contributed by atoms with van der Waals surface area (Å²) in [4.78, 5) is 11.7. The molecule has 0 amide bonds. The van der Waals surface area contributed by atoms with E-state index in [1.54, 1.807) is 0 Å². The van der Waals surface area contributed by atoms with Gasteiger partial charge in [0, 0.05) is 13.0 Å². The first kappa shape index (κ1) is 14.5. The smallest absolute Gasteiger partial charge is 0.323 e. The standard InChI is InChI=1S/C13H25NO3/c1-3-4-5-6-7-10(2)17-13(16)12-8-11(15)9-14-12/h10-12,14-15H,3-9H2,1-2H3/t10?,11-,12-/m1/s1. The van der Waals surface area contributed by atoms with Crippen molar-refractivity contribution in [1.29, 1.82) is 0 Å². The molecule has 0 aromatic carbocycles. The molecule has 4 nitrogen and oxygen atoms in total. The first-order valence-corrected chi connectivity index (χ1v) is 6.75. The Hall–Kier alpha value is -0.610. The van der Waals surface area contributed by atoms with E-state index in [-0.39, 0.29) is 18.1 Å². The maximum atomic E-state index is 11.7. The Morgan fingerprint density at radius 2 is 2.24 bits per heavy atom. The zero-order valence-electron chi connectivity index (χ0n) is 10.9. The van der Waals surface area contributed by atoms with E-state index in [0.29, 0.717) is 13.0 Å². The lowest BCUT2D eigenvalue weighted by molar-refractivity contribution is -0.150. The molecule has 0 radical (unpaired) electrons. The van der Waals surface area contributed by atoms with Crippen LogP contribution in [0.25, 0.3) is 0 Å². The van der Waals surface area contributed by atoms with E-state index in [1.165, 1.54) is 19.3 Å². The molecule has 2 N–H and O–H groups in total. The van der Waals surface area contributed by atoms with Crippen molar-refractivity contribution in [2.24, 2.45) is 0 Å². The molecule has 4 heteroatoms. The number of aliphatic hydroxyl groups is 1. The SMILES string of the molecule is CCCCCCC(C)OC(=O)[C@H]1C[C@@H](O)CN1. The molecule has 0 saturated carbocycles. The normalized spacial score (nSPS) is 25.8. The number of aliphatic hydroxyl groups excluding tert-OH is 1. The summed E-state index contributed by atoms with van der Waals surface area (Å²) in [5.41, 5.74) is 0. The lowest BCUT2D eigenvalue weighted by Crippen LogP contribution is -2.34. The van der Waals surface area contributed by atoms with Gasteiger partial charge in [-0.1, -0.05) is 26.2 Å². The topological polar surface area (TPSA) is 58.6 Å². The van der Waals surface area contributed by atoms with Crippen LogP contribution in [-0.2, 0) is 9.53 Å². The van der Waals surface area contributed by atoms with Crippen LogP contribution in [-0.4, -0.2) is 35.9 Å². The van der Waals surface area contributed by atoms with Gasteiger partial charge >= 0.3 is 5.97 Å². The van der Waals surface area contributed by atoms with Gasteiger partial charge in [0.2, 0.25) is 0 Å². The number of nitrogens with one attached hydrogen (secondary N) is 1. The molecule has 1 unspecified atom stereocenters. The predicted octanol–water partition coefficient (Wildman–Crippen LogP) is 1.61. The third kappa shape index (κ3) is 5.50. The molecule has 0 aromatic heterocycles. The summed E-state index contributed by atoms with van der Waals surface area (Å²) in [6, 6.07) is -0.317. The van der Waals surface area contributed by atoms with Gasteiger partial charge in [-0.3, -0.25) is 4.79 Å². The number of hydrogen-bond acceptors (Lipinski definition) is 4. The van der Waals surface area contributed by atoms with Gasteiger partial charge < -0.3 is 15.2 Å². The van der Waals surface area contributed by atoms with Crippen LogP contribution in [0.1, 0.15) is 52.4 Å². The molecule has 17 heavy (non-hydrogen) atoms. The Kier molecular flexibility index (Phi) is 6.52. The number of carbonyl (C=O) groups excluding carboxylic acids is 1. The van der Waals surface area contributed by atoms with E-state index in [0.717, 1.165) is 12.8 Å². The average Bonchev–Trinajstić information content (AvgIpc) is 2.71. The van der Waals surface area contributed by atoms with Gasteiger partial charge in [-0.2, -0.15) is 0 Å². The van der Waals surface area contributed by atoms with Crippen LogP contribution in [0.5, 0.6) is 0 Å². The molecular weight excluding hydrogens is 218 g/mol. The highest BCUT2D eigenvalue weighted by atomic mass is 16.5. The van der Waals surface area contributed by atoms with Gasteiger partial charge in [0.15, 0.2) is 0 Å². The monoisotopic (exact) mass is 243 g/mol. The third-order valence-electron chi connectivity index (χ3n) is 3.17. The second-order valence-corrected chi connectivity index (χ2v) is 4.95. The number of ether oxygens (including phenoxy) is 1. The molecule has 0 aliphatic carbocycles. The number of hydrogen-bond donors (Lipinski definition) is 2. The zero-order valence-corrected chi connectivity index (χ0v) is 10.9. The van der Waals surface area contributed by atoms with Crippen molar-refractivity contribution in [3.8, 4) is 0 Å². The highest BCUT2D eigenvalue weighted by Crippen LogP contribution is 2.12. The fraction of sp³-hybridized carbons (Fsp3) is 0.923. The van der Waals surface area contributed by atoms with Gasteiger partial charge in [-0.05, 0) is 19.8 Å². The Morgan fingerprint density at radius 1 is 1.47 bits per heavy atom. The van der Waals surface area contributed by atoms with Gasteiger partial charge in [0.05, 0.1) is 12.2 Å². The molecule has 100 valence electrons. The van der Waals surface area contributed by atoms with Crippen molar-refractivity contribution in [2.75, 3.05) is 6.54 Å². The van der Waals surface area contributed by atoms with Crippen LogP contribution in [0.4, 0.5) is 0 Å². The largest absolute Gasteiger partial charge is 0.462 e. The van der Waals surface area contributed by atoms with Crippen LogP contribution in [0, 0.1) is 0 Å². The van der Waals surface area contributed by atoms with Gasteiger partial charge in [0.1, 0.15) is 6.04 Å². The number of esters is 1. The minimum atomic E-state index is -0.410. The number of rotatable bonds is 7. The van der Waals surface area contributed by atoms with E-state index in [4.69, 9.17) is 4.74 Å². The van der Waals surface area contributed by atoms with Crippen LogP contribution < -0.4 is 5.32 Å². The van der Waals surface area contributed by atoms with Crippen molar-refractivity contribution >= 4 is 5.97 Å². The van der Waals surface area contributed by atoms with Crippen molar-refractivity contribution in [3.05, 3.63) is 0 Å². The number of carbonyl (C=O) groups is 1.